The minimum absolute atomic E-state index is 0.00196. The summed E-state index contributed by atoms with van der Waals surface area (Å²) < 4.78 is 0. The van der Waals surface area contributed by atoms with Gasteiger partial charge < -0.3 is 15.7 Å². The molecule has 4 nitrogen and oxygen atoms in total. The van der Waals surface area contributed by atoms with Crippen molar-refractivity contribution in [3.63, 3.8) is 0 Å². The van der Waals surface area contributed by atoms with E-state index in [-0.39, 0.29) is 18.4 Å². The van der Waals surface area contributed by atoms with Crippen LogP contribution in [0.4, 0.5) is 11.4 Å². The maximum absolute atomic E-state index is 11.8. The van der Waals surface area contributed by atoms with E-state index in [0.29, 0.717) is 29.4 Å². The van der Waals surface area contributed by atoms with Gasteiger partial charge in [-0.25, -0.2) is 0 Å². The Morgan fingerprint density at radius 2 is 2.29 bits per heavy atom. The van der Waals surface area contributed by atoms with Crippen LogP contribution < -0.4 is 10.6 Å². The summed E-state index contributed by atoms with van der Waals surface area (Å²) in [6, 6.07) is 3.47. The Morgan fingerprint density at radius 3 is 2.88 bits per heavy atom. The number of amides is 1. The summed E-state index contributed by atoms with van der Waals surface area (Å²) in [5.74, 6) is -0.00430. The number of hydrogen-bond donors (Lipinski definition) is 2. The number of aliphatic hydroxyl groups is 1. The number of nitrogen functional groups attached to an aromatic ring is 1. The molecule has 92 valence electrons. The fourth-order valence-corrected chi connectivity index (χ4v) is 2.22. The summed E-state index contributed by atoms with van der Waals surface area (Å²) in [7, 11) is 0. The Bertz CT molecular complexity index is 462. The summed E-state index contributed by atoms with van der Waals surface area (Å²) in [6.07, 6.45) is 0.373. The minimum atomic E-state index is -0.00234. The molecule has 1 aliphatic rings. The third-order valence-electron chi connectivity index (χ3n) is 3.06. The molecule has 0 bridgehead atoms. The van der Waals surface area contributed by atoms with Crippen molar-refractivity contribution in [3.8, 4) is 0 Å². The molecule has 0 spiro atoms. The predicted molar refractivity (Wildman–Crippen MR) is 68.1 cm³/mol. The lowest BCUT2D eigenvalue weighted by atomic mass is 10.1. The molecule has 1 fully saturated rings. The van der Waals surface area contributed by atoms with Gasteiger partial charge in [-0.15, -0.1) is 0 Å². The molecule has 0 aromatic heterocycles. The molecule has 1 saturated heterocycles. The molecule has 1 unspecified atom stereocenters. The lowest BCUT2D eigenvalue weighted by Crippen LogP contribution is -2.26. The quantitative estimate of drug-likeness (QED) is 0.788. The number of anilines is 2. The van der Waals surface area contributed by atoms with E-state index in [9.17, 15) is 4.79 Å². The SMILES string of the molecule is Cc1cc(N2CC(CO)CC2=O)c(N)cc1Cl. The normalized spacial score (nSPS) is 20.1. The lowest BCUT2D eigenvalue weighted by Gasteiger charge is -2.19. The number of carbonyl (C=O) groups is 1. The summed E-state index contributed by atoms with van der Waals surface area (Å²) in [6.45, 7) is 2.41. The molecule has 1 aromatic rings. The Balaban J connectivity index is 2.35. The average Bonchev–Trinajstić information content (AvgIpc) is 2.65. The molecule has 17 heavy (non-hydrogen) atoms. The van der Waals surface area contributed by atoms with Crippen LogP contribution in [0.3, 0.4) is 0 Å². The zero-order valence-electron chi connectivity index (χ0n) is 9.61. The third-order valence-corrected chi connectivity index (χ3v) is 3.47. The van der Waals surface area contributed by atoms with Crippen LogP contribution >= 0.6 is 11.6 Å². The van der Waals surface area contributed by atoms with Crippen LogP contribution in [0.25, 0.3) is 0 Å². The van der Waals surface area contributed by atoms with E-state index >= 15 is 0 Å². The maximum Gasteiger partial charge on any atom is 0.227 e. The van der Waals surface area contributed by atoms with Gasteiger partial charge in [0.05, 0.1) is 11.4 Å². The molecule has 1 amide bonds. The first kappa shape index (κ1) is 12.2. The van der Waals surface area contributed by atoms with E-state index in [4.69, 9.17) is 22.4 Å². The highest BCUT2D eigenvalue weighted by Gasteiger charge is 2.31. The summed E-state index contributed by atoms with van der Waals surface area (Å²) in [5.41, 5.74) is 7.94. The molecule has 1 aromatic carbocycles. The zero-order chi connectivity index (χ0) is 12.6. The average molecular weight is 255 g/mol. The van der Waals surface area contributed by atoms with Crippen molar-refractivity contribution < 1.29 is 9.90 Å². The summed E-state index contributed by atoms with van der Waals surface area (Å²) >= 11 is 5.96. The first-order valence-electron chi connectivity index (χ1n) is 5.49. The number of nitrogens with two attached hydrogens (primary N) is 1. The number of aliphatic hydroxyl groups excluding tert-OH is 1. The topological polar surface area (TPSA) is 66.6 Å². The van der Waals surface area contributed by atoms with Gasteiger partial charge in [-0.3, -0.25) is 4.79 Å². The van der Waals surface area contributed by atoms with Crippen molar-refractivity contribution >= 4 is 28.9 Å². The molecule has 1 atom stereocenters. The summed E-state index contributed by atoms with van der Waals surface area (Å²) in [5, 5.41) is 9.68. The molecule has 2 rings (SSSR count). The van der Waals surface area contributed by atoms with Gasteiger partial charge in [-0.1, -0.05) is 11.6 Å². The van der Waals surface area contributed by atoms with Crippen LogP contribution in [0.15, 0.2) is 12.1 Å². The van der Waals surface area contributed by atoms with Crippen LogP contribution in [0, 0.1) is 12.8 Å². The van der Waals surface area contributed by atoms with Crippen LogP contribution in [0.1, 0.15) is 12.0 Å². The zero-order valence-corrected chi connectivity index (χ0v) is 10.4. The number of benzene rings is 1. The number of hydrogen-bond acceptors (Lipinski definition) is 3. The highest BCUT2D eigenvalue weighted by atomic mass is 35.5. The van der Waals surface area contributed by atoms with Crippen LogP contribution in [0.2, 0.25) is 5.02 Å². The first-order valence-corrected chi connectivity index (χ1v) is 5.87. The number of nitrogens with zero attached hydrogens (tertiary/aromatic N) is 1. The smallest absolute Gasteiger partial charge is 0.227 e. The maximum atomic E-state index is 11.8. The van der Waals surface area contributed by atoms with Gasteiger partial charge in [0.2, 0.25) is 5.91 Å². The van der Waals surface area contributed by atoms with Crippen molar-refractivity contribution in [3.05, 3.63) is 22.7 Å². The fourth-order valence-electron chi connectivity index (χ4n) is 2.05. The van der Waals surface area contributed by atoms with Crippen LogP contribution in [-0.4, -0.2) is 24.2 Å². The Kier molecular flexibility index (Phi) is 3.26. The Labute approximate surface area is 105 Å². The second kappa shape index (κ2) is 4.55. The Morgan fingerprint density at radius 1 is 1.59 bits per heavy atom. The highest BCUT2D eigenvalue weighted by molar-refractivity contribution is 6.31. The van der Waals surface area contributed by atoms with E-state index in [1.54, 1.807) is 11.0 Å². The molecule has 1 aliphatic heterocycles. The molecule has 5 heteroatoms. The number of halogens is 1. The number of aryl methyl sites for hydroxylation is 1. The van der Waals surface area contributed by atoms with Crippen molar-refractivity contribution in [2.24, 2.45) is 5.92 Å². The van der Waals surface area contributed by atoms with E-state index < -0.39 is 0 Å². The van der Waals surface area contributed by atoms with Gasteiger partial charge >= 0.3 is 0 Å². The van der Waals surface area contributed by atoms with Crippen molar-refractivity contribution in [2.75, 3.05) is 23.8 Å². The lowest BCUT2D eigenvalue weighted by molar-refractivity contribution is -0.117. The molecule has 3 N–H and O–H groups in total. The molecule has 1 heterocycles. The van der Waals surface area contributed by atoms with Gasteiger partial charge in [-0.2, -0.15) is 0 Å². The monoisotopic (exact) mass is 254 g/mol. The highest BCUT2D eigenvalue weighted by Crippen LogP contribution is 2.33. The molecule has 0 aliphatic carbocycles. The molecule has 0 saturated carbocycles. The van der Waals surface area contributed by atoms with Gasteiger partial charge in [0.1, 0.15) is 0 Å². The van der Waals surface area contributed by atoms with Gasteiger partial charge in [0, 0.05) is 30.5 Å². The van der Waals surface area contributed by atoms with Crippen molar-refractivity contribution in [2.45, 2.75) is 13.3 Å². The van der Waals surface area contributed by atoms with Crippen molar-refractivity contribution in [1.29, 1.82) is 0 Å². The summed E-state index contributed by atoms with van der Waals surface area (Å²) in [4.78, 5) is 13.4. The first-order chi connectivity index (χ1) is 8.02. The van der Waals surface area contributed by atoms with Gasteiger partial charge in [0.25, 0.3) is 0 Å². The predicted octanol–water partition coefficient (Wildman–Crippen LogP) is 1.58. The van der Waals surface area contributed by atoms with E-state index in [2.05, 4.69) is 0 Å². The standard InChI is InChI=1S/C12H15ClN2O2/c1-7-2-11(10(14)4-9(7)13)15-5-8(6-16)3-12(15)17/h2,4,8,16H,3,5-6,14H2,1H3. The number of carbonyl (C=O) groups excluding carboxylic acids is 1. The number of rotatable bonds is 2. The van der Waals surface area contributed by atoms with Gasteiger partial charge in [0.15, 0.2) is 0 Å². The van der Waals surface area contributed by atoms with E-state index in [1.165, 1.54) is 0 Å². The van der Waals surface area contributed by atoms with Crippen molar-refractivity contribution in [1.82, 2.24) is 0 Å². The van der Waals surface area contributed by atoms with E-state index in [1.807, 2.05) is 13.0 Å². The second-order valence-electron chi connectivity index (χ2n) is 4.42. The van der Waals surface area contributed by atoms with Crippen LogP contribution in [-0.2, 0) is 4.79 Å². The molecule has 0 radical (unpaired) electrons. The van der Waals surface area contributed by atoms with Gasteiger partial charge in [-0.05, 0) is 24.6 Å². The minimum Gasteiger partial charge on any atom is -0.397 e. The molecular weight excluding hydrogens is 240 g/mol. The molecular formula is C12H15ClN2O2. The van der Waals surface area contributed by atoms with E-state index in [0.717, 1.165) is 5.56 Å². The fraction of sp³-hybridized carbons (Fsp3) is 0.417. The third kappa shape index (κ3) is 2.23. The second-order valence-corrected chi connectivity index (χ2v) is 4.82. The Hall–Kier alpha value is -1.26. The van der Waals surface area contributed by atoms with Crippen LogP contribution in [0.5, 0.6) is 0 Å². The largest absolute Gasteiger partial charge is 0.397 e.